The van der Waals surface area contributed by atoms with Crippen molar-refractivity contribution in [1.29, 1.82) is 0 Å². The van der Waals surface area contributed by atoms with E-state index in [1.165, 1.54) is 5.70 Å². The molecular formula is C18H31N3O4S. The number of ether oxygens (including phenoxy) is 2. The highest BCUT2D eigenvalue weighted by Gasteiger charge is 2.68. The first kappa shape index (κ1) is 18.7. The van der Waals surface area contributed by atoms with Gasteiger partial charge in [-0.2, -0.15) is 0 Å². The lowest BCUT2D eigenvalue weighted by atomic mass is 9.66. The lowest BCUT2D eigenvalue weighted by Gasteiger charge is -2.52. The highest BCUT2D eigenvalue weighted by Crippen LogP contribution is 2.68. The number of allylic oxidation sites excluding steroid dienone is 1. The number of primary sulfonamides is 1. The normalized spacial score (nSPS) is 36.2. The Bertz CT molecular complexity index is 681. The van der Waals surface area contributed by atoms with Gasteiger partial charge in [-0.3, -0.25) is 4.90 Å². The van der Waals surface area contributed by atoms with Gasteiger partial charge in [0.25, 0.3) is 0 Å². The summed E-state index contributed by atoms with van der Waals surface area (Å²) in [4.78, 5) is 4.41. The van der Waals surface area contributed by atoms with Crippen LogP contribution in [0.15, 0.2) is 11.8 Å². The molecule has 4 rings (SSSR count). The molecule has 26 heavy (non-hydrogen) atoms. The number of hydrogen-bond acceptors (Lipinski definition) is 6. The Labute approximate surface area is 156 Å². The van der Waals surface area contributed by atoms with Gasteiger partial charge in [0.15, 0.2) is 0 Å². The first-order valence-electron chi connectivity index (χ1n) is 9.67. The number of rotatable bonds is 4. The van der Waals surface area contributed by atoms with E-state index in [9.17, 15) is 8.42 Å². The largest absolute Gasteiger partial charge is 0.379 e. The van der Waals surface area contributed by atoms with E-state index in [2.05, 4.69) is 29.7 Å². The second kappa shape index (κ2) is 6.44. The van der Waals surface area contributed by atoms with E-state index in [0.717, 1.165) is 25.9 Å². The molecule has 0 aromatic rings. The van der Waals surface area contributed by atoms with Crippen LogP contribution in [0.25, 0.3) is 0 Å². The zero-order chi connectivity index (χ0) is 18.6. The molecule has 0 aromatic heterocycles. The SMILES string of the molecule is CC1(C)[C@H]2C=C(N3CCOCC3)[C@]1(C(N1CCOCC1)S(N)(=O)=O)CC2. The van der Waals surface area contributed by atoms with Crippen molar-refractivity contribution < 1.29 is 17.9 Å². The van der Waals surface area contributed by atoms with Crippen LogP contribution < -0.4 is 5.14 Å². The fraction of sp³-hybridized carbons (Fsp3) is 0.889. The fourth-order valence-corrected chi connectivity index (χ4v) is 7.59. The Balaban J connectivity index is 1.81. The first-order valence-corrected chi connectivity index (χ1v) is 11.3. The van der Waals surface area contributed by atoms with E-state index < -0.39 is 20.8 Å². The summed E-state index contributed by atoms with van der Waals surface area (Å²) in [7, 11) is -3.76. The molecule has 3 fully saturated rings. The Kier molecular flexibility index (Phi) is 4.63. The molecular weight excluding hydrogens is 354 g/mol. The molecule has 8 heteroatoms. The third-order valence-corrected chi connectivity index (χ3v) is 8.53. The van der Waals surface area contributed by atoms with Crippen molar-refractivity contribution in [3.63, 3.8) is 0 Å². The van der Waals surface area contributed by atoms with Crippen molar-refractivity contribution in [3.05, 3.63) is 11.8 Å². The predicted octanol–water partition coefficient (Wildman–Crippen LogP) is 0.586. The molecule has 1 saturated carbocycles. The van der Waals surface area contributed by atoms with E-state index in [1.807, 2.05) is 0 Å². The standard InChI is InChI=1S/C18H31N3O4S/c1-17(2)14-3-4-18(17,15(13-14)20-5-9-24-10-6-20)16(26(19,22)23)21-7-11-25-12-8-21/h13-14,16H,3-12H2,1-2H3,(H2,19,22,23)/t14-,16?,18+/m1/s1. The fourth-order valence-electron chi connectivity index (χ4n) is 5.86. The molecule has 1 unspecified atom stereocenters. The highest BCUT2D eigenvalue weighted by molar-refractivity contribution is 7.89. The van der Waals surface area contributed by atoms with Gasteiger partial charge in [-0.05, 0) is 24.2 Å². The van der Waals surface area contributed by atoms with E-state index in [4.69, 9.17) is 14.6 Å². The van der Waals surface area contributed by atoms with Crippen LogP contribution in [0.2, 0.25) is 0 Å². The molecule has 2 N–H and O–H groups in total. The number of morpholine rings is 2. The quantitative estimate of drug-likeness (QED) is 0.762. The van der Waals surface area contributed by atoms with Gasteiger partial charge in [0, 0.05) is 37.3 Å². The van der Waals surface area contributed by atoms with Crippen LogP contribution in [0.3, 0.4) is 0 Å². The molecule has 4 aliphatic rings. The Morgan fingerprint density at radius 3 is 2.23 bits per heavy atom. The number of sulfonamides is 1. The molecule has 2 aliphatic carbocycles. The van der Waals surface area contributed by atoms with E-state index in [1.54, 1.807) is 0 Å². The van der Waals surface area contributed by atoms with Crippen LogP contribution in [-0.2, 0) is 19.5 Å². The lowest BCUT2D eigenvalue weighted by Crippen LogP contribution is -2.62. The minimum absolute atomic E-state index is 0.143. The van der Waals surface area contributed by atoms with Crippen LogP contribution in [0.1, 0.15) is 26.7 Å². The summed E-state index contributed by atoms with van der Waals surface area (Å²) < 4.78 is 36.9. The summed E-state index contributed by atoms with van der Waals surface area (Å²) in [6, 6.07) is 0. The second-order valence-electron chi connectivity index (χ2n) is 8.58. The summed E-state index contributed by atoms with van der Waals surface area (Å²) in [6.07, 6.45) is 4.23. The number of fused-ring (bicyclic) bond motifs is 2. The smallest absolute Gasteiger partial charge is 0.226 e. The van der Waals surface area contributed by atoms with Crippen molar-refractivity contribution in [2.45, 2.75) is 32.1 Å². The minimum atomic E-state index is -3.76. The molecule has 0 radical (unpaired) electrons. The predicted molar refractivity (Wildman–Crippen MR) is 98.7 cm³/mol. The maximum Gasteiger partial charge on any atom is 0.226 e. The highest BCUT2D eigenvalue weighted by atomic mass is 32.2. The second-order valence-corrected chi connectivity index (χ2v) is 10.2. The van der Waals surface area contributed by atoms with Crippen molar-refractivity contribution >= 4 is 10.0 Å². The lowest BCUT2D eigenvalue weighted by molar-refractivity contribution is -0.0275. The number of hydrogen-bond donors (Lipinski definition) is 1. The average molecular weight is 386 g/mol. The van der Waals surface area contributed by atoms with Gasteiger partial charge >= 0.3 is 0 Å². The third kappa shape index (κ3) is 2.64. The summed E-state index contributed by atoms with van der Waals surface area (Å²) in [6.45, 7) is 9.81. The van der Waals surface area contributed by atoms with Crippen LogP contribution in [0.4, 0.5) is 0 Å². The number of nitrogens with two attached hydrogens (primary N) is 1. The topological polar surface area (TPSA) is 85.1 Å². The summed E-state index contributed by atoms with van der Waals surface area (Å²) in [5.74, 6) is 0.394. The van der Waals surface area contributed by atoms with Crippen LogP contribution in [-0.4, -0.2) is 76.2 Å². The van der Waals surface area contributed by atoms with Crippen molar-refractivity contribution in [2.75, 3.05) is 52.6 Å². The van der Waals surface area contributed by atoms with Gasteiger partial charge in [0.2, 0.25) is 10.0 Å². The summed E-state index contributed by atoms with van der Waals surface area (Å²) in [5, 5.41) is 5.20. The minimum Gasteiger partial charge on any atom is -0.379 e. The van der Waals surface area contributed by atoms with Gasteiger partial charge in [0.1, 0.15) is 5.37 Å². The Hall–Kier alpha value is -0.670. The Morgan fingerprint density at radius 1 is 1.12 bits per heavy atom. The molecule has 0 aromatic carbocycles. The van der Waals surface area contributed by atoms with Crippen LogP contribution in [0.5, 0.6) is 0 Å². The number of nitrogens with zero attached hydrogens (tertiary/aromatic N) is 2. The summed E-state index contributed by atoms with van der Waals surface area (Å²) in [5.41, 5.74) is 0.572. The van der Waals surface area contributed by atoms with Gasteiger partial charge < -0.3 is 14.4 Å². The zero-order valence-corrected chi connectivity index (χ0v) is 16.6. The maximum atomic E-state index is 12.9. The van der Waals surface area contributed by atoms with Crippen molar-refractivity contribution in [3.8, 4) is 0 Å². The molecule has 7 nitrogen and oxygen atoms in total. The van der Waals surface area contributed by atoms with Crippen molar-refractivity contribution in [2.24, 2.45) is 21.9 Å². The monoisotopic (exact) mass is 385 g/mol. The van der Waals surface area contributed by atoms with Crippen LogP contribution in [0, 0.1) is 16.7 Å². The van der Waals surface area contributed by atoms with E-state index >= 15 is 0 Å². The average Bonchev–Trinajstić information content (AvgIpc) is 2.98. The van der Waals surface area contributed by atoms with E-state index in [-0.39, 0.29) is 5.41 Å². The van der Waals surface area contributed by atoms with Crippen LogP contribution >= 0.6 is 0 Å². The molecule has 2 bridgehead atoms. The molecule has 0 spiro atoms. The molecule has 148 valence electrons. The van der Waals surface area contributed by atoms with Gasteiger partial charge in [-0.25, -0.2) is 13.6 Å². The third-order valence-electron chi connectivity index (χ3n) is 7.20. The molecule has 0 amide bonds. The molecule has 2 saturated heterocycles. The Morgan fingerprint density at radius 2 is 1.69 bits per heavy atom. The zero-order valence-electron chi connectivity index (χ0n) is 15.8. The van der Waals surface area contributed by atoms with Gasteiger partial charge in [-0.15, -0.1) is 0 Å². The van der Waals surface area contributed by atoms with Gasteiger partial charge in [0.05, 0.1) is 26.4 Å². The van der Waals surface area contributed by atoms with Crippen molar-refractivity contribution in [1.82, 2.24) is 9.80 Å². The molecule has 3 atom stereocenters. The first-order chi connectivity index (χ1) is 12.3. The molecule has 2 aliphatic heterocycles. The molecule has 2 heterocycles. The van der Waals surface area contributed by atoms with E-state index in [0.29, 0.717) is 45.4 Å². The van der Waals surface area contributed by atoms with Gasteiger partial charge in [-0.1, -0.05) is 19.9 Å². The summed E-state index contributed by atoms with van der Waals surface area (Å²) >= 11 is 0. The maximum absolute atomic E-state index is 12.9.